The van der Waals surface area contributed by atoms with Crippen LogP contribution in [-0.2, 0) is 4.57 Å². The van der Waals surface area contributed by atoms with Crippen molar-refractivity contribution in [2.75, 3.05) is 6.66 Å². The van der Waals surface area contributed by atoms with E-state index in [0.29, 0.717) is 5.82 Å². The first-order valence-corrected chi connectivity index (χ1v) is 20.7. The van der Waals surface area contributed by atoms with Gasteiger partial charge in [0.15, 0.2) is 5.82 Å². The van der Waals surface area contributed by atoms with Crippen molar-refractivity contribution in [2.45, 2.75) is 0 Å². The van der Waals surface area contributed by atoms with Crippen molar-refractivity contribution in [3.8, 4) is 78.4 Å². The summed E-state index contributed by atoms with van der Waals surface area (Å²) >= 11 is 0. The lowest BCUT2D eigenvalue weighted by molar-refractivity contribution is 0.591. The first kappa shape index (κ1) is 32.9. The summed E-state index contributed by atoms with van der Waals surface area (Å²) in [6.07, 6.45) is 0. The van der Waals surface area contributed by atoms with Gasteiger partial charge in [-0.05, 0) is 68.5 Å². The fourth-order valence-electron chi connectivity index (χ4n) is 8.14. The van der Waals surface area contributed by atoms with Crippen molar-refractivity contribution in [3.05, 3.63) is 194 Å². The molecule has 1 aliphatic heterocycles. The summed E-state index contributed by atoms with van der Waals surface area (Å²) in [7, 11) is -2.68. The number of benzene rings is 8. The third kappa shape index (κ3) is 5.73. The first-order valence-electron chi connectivity index (χ1n) is 18.6. The van der Waals surface area contributed by atoms with Crippen molar-refractivity contribution in [3.63, 3.8) is 0 Å². The molecule has 0 fully saturated rings. The second-order valence-electron chi connectivity index (χ2n) is 14.2. The quantitative estimate of drug-likeness (QED) is 0.161. The molecule has 0 saturated carbocycles. The normalized spacial score (nSPS) is 14.4. The van der Waals surface area contributed by atoms with Crippen molar-refractivity contribution < 1.29 is 4.57 Å². The Kier molecular flexibility index (Phi) is 7.98. The summed E-state index contributed by atoms with van der Waals surface area (Å²) in [5.41, 5.74) is 13.8. The van der Waals surface area contributed by atoms with E-state index in [0.717, 1.165) is 77.6 Å². The van der Waals surface area contributed by atoms with Crippen LogP contribution in [0.1, 0.15) is 0 Å². The zero-order valence-electron chi connectivity index (χ0n) is 30.2. The van der Waals surface area contributed by atoms with Gasteiger partial charge < -0.3 is 4.57 Å². The molecular formula is C51H35N2OP. The molecule has 4 heteroatoms. The molecular weight excluding hydrogens is 688 g/mol. The molecule has 55 heavy (non-hydrogen) atoms. The molecule has 1 atom stereocenters. The first-order chi connectivity index (χ1) is 27.0. The summed E-state index contributed by atoms with van der Waals surface area (Å²) in [4.78, 5) is 10.2. The van der Waals surface area contributed by atoms with Crippen LogP contribution in [0, 0.1) is 0 Å². The number of rotatable bonds is 6. The average Bonchev–Trinajstić information content (AvgIpc) is 3.50. The smallest absolute Gasteiger partial charge is 0.160 e. The minimum absolute atomic E-state index is 0.693. The largest absolute Gasteiger partial charge is 0.314 e. The molecule has 10 rings (SSSR count). The van der Waals surface area contributed by atoms with Crippen molar-refractivity contribution in [1.29, 1.82) is 0 Å². The van der Waals surface area contributed by atoms with Gasteiger partial charge in [-0.1, -0.05) is 182 Å². The predicted molar refractivity (Wildman–Crippen MR) is 230 cm³/mol. The lowest BCUT2D eigenvalue weighted by Gasteiger charge is -2.16. The molecule has 2 heterocycles. The van der Waals surface area contributed by atoms with Crippen molar-refractivity contribution in [2.24, 2.45) is 0 Å². The molecule has 0 aliphatic carbocycles. The number of hydrogen-bond donors (Lipinski definition) is 0. The molecule has 0 saturated heterocycles. The molecule has 8 aromatic carbocycles. The zero-order valence-corrected chi connectivity index (χ0v) is 31.1. The Balaban J connectivity index is 1.06. The van der Waals surface area contributed by atoms with E-state index in [1.807, 2.05) is 55.2 Å². The topological polar surface area (TPSA) is 42.9 Å². The maximum absolute atomic E-state index is 14.1. The van der Waals surface area contributed by atoms with E-state index in [1.54, 1.807) is 0 Å². The van der Waals surface area contributed by atoms with Crippen LogP contribution in [0.15, 0.2) is 194 Å². The molecule has 0 bridgehead atoms. The molecule has 9 aromatic rings. The molecule has 0 N–H and O–H groups in total. The molecule has 1 aromatic heterocycles. The van der Waals surface area contributed by atoms with E-state index in [-0.39, 0.29) is 0 Å². The summed E-state index contributed by atoms with van der Waals surface area (Å²) in [6.45, 7) is 1.90. The Morgan fingerprint density at radius 3 is 1.65 bits per heavy atom. The fourth-order valence-corrected chi connectivity index (χ4v) is 10.5. The second-order valence-corrected chi connectivity index (χ2v) is 17.0. The number of fused-ring (bicyclic) bond motifs is 4. The van der Waals surface area contributed by atoms with Gasteiger partial charge in [0.1, 0.15) is 7.14 Å². The summed E-state index contributed by atoms with van der Waals surface area (Å²) in [6, 6.07) is 67.5. The van der Waals surface area contributed by atoms with E-state index in [9.17, 15) is 4.57 Å². The van der Waals surface area contributed by atoms with E-state index in [2.05, 4.69) is 146 Å². The number of aromatic nitrogens is 2. The van der Waals surface area contributed by atoms with Crippen molar-refractivity contribution >= 4 is 28.5 Å². The Labute approximate surface area is 321 Å². The van der Waals surface area contributed by atoms with Gasteiger partial charge in [0.2, 0.25) is 0 Å². The van der Waals surface area contributed by atoms with Gasteiger partial charge in [0.25, 0.3) is 0 Å². The summed E-state index contributed by atoms with van der Waals surface area (Å²) < 4.78 is 14.1. The summed E-state index contributed by atoms with van der Waals surface area (Å²) in [5, 5.41) is 4.23. The highest BCUT2D eigenvalue weighted by Crippen LogP contribution is 2.53. The van der Waals surface area contributed by atoms with Crippen molar-refractivity contribution in [1.82, 2.24) is 9.97 Å². The molecule has 0 spiro atoms. The average molecular weight is 723 g/mol. The Morgan fingerprint density at radius 1 is 0.364 bits per heavy atom. The van der Waals surface area contributed by atoms with Gasteiger partial charge in [-0.25, -0.2) is 9.97 Å². The maximum atomic E-state index is 14.1. The minimum Gasteiger partial charge on any atom is -0.314 e. The van der Waals surface area contributed by atoms with Crippen LogP contribution >= 0.6 is 7.14 Å². The molecule has 3 nitrogen and oxygen atoms in total. The highest BCUT2D eigenvalue weighted by molar-refractivity contribution is 7.79. The standard InChI is InChI=1S/C51H35N2OP/c1-55(54)48-24-11-10-22-45(48)50-44(23-13-25-49(50)55)43-31-30-40(41-20-8-9-21-42(41)43)35-26-28-36(29-27-35)46-33-47(53-51(52-46)37-16-6-3-7-17-37)39-19-12-18-38(32-39)34-14-4-2-5-15-34/h2-33H,1H3. The molecule has 0 amide bonds. The van der Waals surface area contributed by atoms with Gasteiger partial charge >= 0.3 is 0 Å². The third-order valence-electron chi connectivity index (χ3n) is 10.9. The van der Waals surface area contributed by atoms with Crippen LogP contribution in [-0.4, -0.2) is 16.6 Å². The second kappa shape index (κ2) is 13.3. The Morgan fingerprint density at radius 2 is 0.891 bits per heavy atom. The van der Waals surface area contributed by atoms with E-state index in [4.69, 9.17) is 9.97 Å². The van der Waals surface area contributed by atoms with Crippen LogP contribution in [0.25, 0.3) is 89.2 Å². The van der Waals surface area contributed by atoms with Gasteiger partial charge in [-0.2, -0.15) is 0 Å². The Bertz CT molecular complexity index is 2960. The van der Waals surface area contributed by atoms with Gasteiger partial charge in [-0.3, -0.25) is 0 Å². The van der Waals surface area contributed by atoms with Crippen LogP contribution in [0.3, 0.4) is 0 Å². The minimum atomic E-state index is -2.68. The van der Waals surface area contributed by atoms with Crippen LogP contribution < -0.4 is 10.6 Å². The molecule has 1 unspecified atom stereocenters. The Hall–Kier alpha value is -6.67. The van der Waals surface area contributed by atoms with E-state index >= 15 is 0 Å². The van der Waals surface area contributed by atoms with Gasteiger partial charge in [0.05, 0.1) is 11.4 Å². The summed E-state index contributed by atoms with van der Waals surface area (Å²) in [5.74, 6) is 0.693. The van der Waals surface area contributed by atoms with Crippen LogP contribution in [0.5, 0.6) is 0 Å². The van der Waals surface area contributed by atoms with E-state index in [1.165, 1.54) is 16.3 Å². The third-order valence-corrected chi connectivity index (χ3v) is 13.5. The monoisotopic (exact) mass is 722 g/mol. The molecule has 0 radical (unpaired) electrons. The number of hydrogen-bond acceptors (Lipinski definition) is 3. The van der Waals surface area contributed by atoms with E-state index < -0.39 is 7.14 Å². The zero-order chi connectivity index (χ0) is 36.9. The lowest BCUT2D eigenvalue weighted by atomic mass is 9.88. The van der Waals surface area contributed by atoms with Crippen LogP contribution in [0.2, 0.25) is 0 Å². The SMILES string of the molecule is CP1(=O)c2ccccc2-c2c(-c3ccc(-c4ccc(-c5cc(-c6cccc(-c7ccccc7)c6)nc(-c6ccccc6)n5)cc4)c4ccccc34)cccc21. The molecule has 260 valence electrons. The van der Waals surface area contributed by atoms with Gasteiger partial charge in [-0.15, -0.1) is 0 Å². The lowest BCUT2D eigenvalue weighted by Crippen LogP contribution is -2.08. The molecule has 1 aliphatic rings. The van der Waals surface area contributed by atoms with Crippen LogP contribution in [0.4, 0.5) is 0 Å². The maximum Gasteiger partial charge on any atom is 0.160 e. The fraction of sp³-hybridized carbons (Fsp3) is 0.0196. The number of nitrogens with zero attached hydrogens (tertiary/aromatic N) is 2. The highest BCUT2D eigenvalue weighted by Gasteiger charge is 2.36. The van der Waals surface area contributed by atoms with Gasteiger partial charge in [0, 0.05) is 32.9 Å². The highest BCUT2D eigenvalue weighted by atomic mass is 31.2. The predicted octanol–water partition coefficient (Wildman–Crippen LogP) is 12.6.